The van der Waals surface area contributed by atoms with Crippen molar-refractivity contribution in [1.29, 1.82) is 0 Å². The summed E-state index contributed by atoms with van der Waals surface area (Å²) in [5.41, 5.74) is 1.03. The van der Waals surface area contributed by atoms with E-state index in [1.165, 1.54) is 0 Å². The van der Waals surface area contributed by atoms with Crippen LogP contribution in [0.15, 0.2) is 6.33 Å². The van der Waals surface area contributed by atoms with Gasteiger partial charge in [-0.2, -0.15) is 0 Å². The van der Waals surface area contributed by atoms with E-state index < -0.39 is 0 Å². The molecule has 2 N–H and O–H groups in total. The van der Waals surface area contributed by atoms with Gasteiger partial charge in [-0.15, -0.1) is 10.2 Å². The summed E-state index contributed by atoms with van der Waals surface area (Å²) < 4.78 is 1.92. The van der Waals surface area contributed by atoms with E-state index in [2.05, 4.69) is 44.6 Å². The van der Waals surface area contributed by atoms with Gasteiger partial charge < -0.3 is 15.2 Å². The van der Waals surface area contributed by atoms with Crippen molar-refractivity contribution in [3.8, 4) is 0 Å². The fourth-order valence-corrected chi connectivity index (χ4v) is 2.03. The molecule has 0 aliphatic carbocycles. The van der Waals surface area contributed by atoms with Crippen LogP contribution in [0.4, 0.5) is 11.6 Å². The maximum absolute atomic E-state index is 4.62. The number of anilines is 2. The number of aryl methyl sites for hydroxylation is 1. The summed E-state index contributed by atoms with van der Waals surface area (Å²) >= 11 is 0. The Labute approximate surface area is 125 Å². The van der Waals surface area contributed by atoms with Gasteiger partial charge in [0.15, 0.2) is 0 Å². The predicted molar refractivity (Wildman–Crippen MR) is 83.6 cm³/mol. The highest BCUT2D eigenvalue weighted by molar-refractivity contribution is 5.57. The molecule has 0 fully saturated rings. The van der Waals surface area contributed by atoms with Crippen molar-refractivity contribution in [3.63, 3.8) is 0 Å². The molecule has 0 atom stereocenters. The number of hydrogen-bond acceptors (Lipinski definition) is 6. The van der Waals surface area contributed by atoms with Crippen LogP contribution in [0.5, 0.6) is 0 Å². The lowest BCUT2D eigenvalue weighted by Crippen LogP contribution is -2.14. The van der Waals surface area contributed by atoms with Gasteiger partial charge in [0.05, 0.1) is 0 Å². The van der Waals surface area contributed by atoms with E-state index in [4.69, 9.17) is 0 Å². The highest BCUT2D eigenvalue weighted by Gasteiger charge is 2.12. The summed E-state index contributed by atoms with van der Waals surface area (Å²) in [5, 5.41) is 14.5. The molecule has 7 nitrogen and oxygen atoms in total. The van der Waals surface area contributed by atoms with E-state index in [0.29, 0.717) is 0 Å². The second-order valence-corrected chi connectivity index (χ2v) is 5.34. The maximum atomic E-state index is 4.62. The lowest BCUT2D eigenvalue weighted by molar-refractivity contribution is 0.766. The van der Waals surface area contributed by atoms with Crippen LogP contribution in [0.2, 0.25) is 0 Å². The van der Waals surface area contributed by atoms with Crippen molar-refractivity contribution in [1.82, 2.24) is 24.7 Å². The zero-order chi connectivity index (χ0) is 15.4. The lowest BCUT2D eigenvalue weighted by Gasteiger charge is -2.15. The van der Waals surface area contributed by atoms with Crippen LogP contribution in [0.25, 0.3) is 0 Å². The average Bonchev–Trinajstić information content (AvgIpc) is 2.86. The molecule has 0 radical (unpaired) electrons. The second kappa shape index (κ2) is 6.51. The van der Waals surface area contributed by atoms with Crippen molar-refractivity contribution in [2.45, 2.75) is 33.1 Å². The Balaban J connectivity index is 2.11. The van der Waals surface area contributed by atoms with E-state index in [1.807, 2.05) is 25.6 Å². The summed E-state index contributed by atoms with van der Waals surface area (Å²) in [6, 6.07) is 0. The summed E-state index contributed by atoms with van der Waals surface area (Å²) in [4.78, 5) is 9.15. The molecule has 0 aromatic carbocycles. The van der Waals surface area contributed by atoms with Crippen LogP contribution in [0.3, 0.4) is 0 Å². The quantitative estimate of drug-likeness (QED) is 0.843. The van der Waals surface area contributed by atoms with Gasteiger partial charge in [-0.1, -0.05) is 13.8 Å². The first-order valence-corrected chi connectivity index (χ1v) is 7.16. The van der Waals surface area contributed by atoms with Crippen LogP contribution in [0.1, 0.15) is 37.0 Å². The van der Waals surface area contributed by atoms with E-state index in [-0.39, 0.29) is 5.92 Å². The Morgan fingerprint density at radius 3 is 2.52 bits per heavy atom. The fourth-order valence-electron chi connectivity index (χ4n) is 2.03. The average molecular weight is 289 g/mol. The van der Waals surface area contributed by atoms with Crippen molar-refractivity contribution in [2.24, 2.45) is 7.05 Å². The molecule has 2 heterocycles. The monoisotopic (exact) mass is 289 g/mol. The number of aromatic nitrogens is 5. The minimum Gasteiger partial charge on any atom is -0.373 e. The first-order chi connectivity index (χ1) is 10.0. The van der Waals surface area contributed by atoms with Gasteiger partial charge in [0.1, 0.15) is 29.6 Å². The van der Waals surface area contributed by atoms with Crippen LogP contribution in [-0.4, -0.2) is 38.3 Å². The molecule has 21 heavy (non-hydrogen) atoms. The van der Waals surface area contributed by atoms with Gasteiger partial charge in [0, 0.05) is 38.5 Å². The normalized spacial score (nSPS) is 11.0. The molecule has 7 heteroatoms. The number of rotatable bonds is 6. The summed E-state index contributed by atoms with van der Waals surface area (Å²) in [6.45, 7) is 6.95. The lowest BCUT2D eigenvalue weighted by atomic mass is 10.2. The topological polar surface area (TPSA) is 80.6 Å². The molecule has 2 aromatic rings. The molecule has 0 unspecified atom stereocenters. The van der Waals surface area contributed by atoms with Crippen molar-refractivity contribution < 1.29 is 0 Å². The standard InChI is InChI=1S/C14H23N7/c1-9(2)12-18-13(15-4)10(3)14(19-12)16-7-6-11-20-17-8-21(11)5/h8-9H,6-7H2,1-5H3,(H2,15,16,18,19). The number of nitrogens with zero attached hydrogens (tertiary/aromatic N) is 5. The van der Waals surface area contributed by atoms with Crippen molar-refractivity contribution in [2.75, 3.05) is 24.2 Å². The minimum atomic E-state index is 0.289. The third-order valence-corrected chi connectivity index (χ3v) is 3.36. The van der Waals surface area contributed by atoms with Crippen LogP contribution in [0, 0.1) is 6.92 Å². The minimum absolute atomic E-state index is 0.289. The molecule has 2 aromatic heterocycles. The molecular formula is C14H23N7. The molecule has 0 bridgehead atoms. The molecule has 0 saturated carbocycles. The van der Waals surface area contributed by atoms with Gasteiger partial charge in [-0.05, 0) is 6.92 Å². The van der Waals surface area contributed by atoms with Gasteiger partial charge >= 0.3 is 0 Å². The summed E-state index contributed by atoms with van der Waals surface area (Å²) in [5.74, 6) is 3.82. The van der Waals surface area contributed by atoms with Crippen molar-refractivity contribution in [3.05, 3.63) is 23.5 Å². The summed E-state index contributed by atoms with van der Waals surface area (Å²) in [7, 11) is 3.82. The predicted octanol–water partition coefficient (Wildman–Crippen LogP) is 1.73. The first-order valence-electron chi connectivity index (χ1n) is 7.16. The molecular weight excluding hydrogens is 266 g/mol. The third kappa shape index (κ3) is 3.48. The van der Waals surface area contributed by atoms with Gasteiger partial charge in [0.2, 0.25) is 0 Å². The van der Waals surface area contributed by atoms with Gasteiger partial charge in [-0.3, -0.25) is 0 Å². The van der Waals surface area contributed by atoms with Crippen LogP contribution < -0.4 is 10.6 Å². The highest BCUT2D eigenvalue weighted by Crippen LogP contribution is 2.22. The molecule has 0 aliphatic heterocycles. The van der Waals surface area contributed by atoms with E-state index in [1.54, 1.807) is 6.33 Å². The van der Waals surface area contributed by atoms with E-state index in [0.717, 1.165) is 41.8 Å². The Morgan fingerprint density at radius 2 is 1.95 bits per heavy atom. The largest absolute Gasteiger partial charge is 0.373 e. The van der Waals surface area contributed by atoms with Crippen molar-refractivity contribution >= 4 is 11.6 Å². The number of hydrogen-bond donors (Lipinski definition) is 2. The Bertz CT molecular complexity index is 603. The first kappa shape index (κ1) is 15.2. The van der Waals surface area contributed by atoms with E-state index >= 15 is 0 Å². The molecule has 2 rings (SSSR count). The molecule has 0 saturated heterocycles. The second-order valence-electron chi connectivity index (χ2n) is 5.34. The zero-order valence-corrected chi connectivity index (χ0v) is 13.3. The smallest absolute Gasteiger partial charge is 0.135 e. The zero-order valence-electron chi connectivity index (χ0n) is 13.3. The molecule has 0 amide bonds. The fraction of sp³-hybridized carbons (Fsp3) is 0.571. The Kier molecular flexibility index (Phi) is 4.72. The summed E-state index contributed by atoms with van der Waals surface area (Å²) in [6.07, 6.45) is 2.51. The molecule has 114 valence electrons. The molecule has 0 spiro atoms. The maximum Gasteiger partial charge on any atom is 0.135 e. The van der Waals surface area contributed by atoms with Gasteiger partial charge in [-0.25, -0.2) is 9.97 Å². The Morgan fingerprint density at radius 1 is 1.24 bits per heavy atom. The number of nitrogens with one attached hydrogen (secondary N) is 2. The van der Waals surface area contributed by atoms with E-state index in [9.17, 15) is 0 Å². The molecule has 0 aliphatic rings. The highest BCUT2D eigenvalue weighted by atomic mass is 15.2. The Hall–Kier alpha value is -2.18. The van der Waals surface area contributed by atoms with Crippen LogP contribution >= 0.6 is 0 Å². The van der Waals surface area contributed by atoms with Gasteiger partial charge in [0.25, 0.3) is 0 Å². The van der Waals surface area contributed by atoms with Crippen LogP contribution in [-0.2, 0) is 13.5 Å². The SMILES string of the molecule is CNc1nc(C(C)C)nc(NCCc2nncn2C)c1C. The third-order valence-electron chi connectivity index (χ3n) is 3.36.